The third-order valence-electron chi connectivity index (χ3n) is 5.49. The van der Waals surface area contributed by atoms with Gasteiger partial charge < -0.3 is 9.87 Å². The van der Waals surface area contributed by atoms with Gasteiger partial charge >= 0.3 is 0 Å². The van der Waals surface area contributed by atoms with Crippen LogP contribution >= 0.6 is 12.0 Å². The summed E-state index contributed by atoms with van der Waals surface area (Å²) < 4.78 is 8.89. The van der Waals surface area contributed by atoms with Gasteiger partial charge in [-0.25, -0.2) is 0 Å². The highest BCUT2D eigenvalue weighted by molar-refractivity contribution is 7.93. The van der Waals surface area contributed by atoms with E-state index in [9.17, 15) is 0 Å². The molecule has 1 saturated carbocycles. The Balaban J connectivity index is 2.09. The van der Waals surface area contributed by atoms with Crippen molar-refractivity contribution in [1.29, 1.82) is 0 Å². The van der Waals surface area contributed by atoms with E-state index in [0.717, 1.165) is 30.8 Å². The maximum atomic E-state index is 8.89. The Morgan fingerprint density at radius 1 is 1.17 bits per heavy atom. The molecule has 0 amide bonds. The summed E-state index contributed by atoms with van der Waals surface area (Å²) in [6.07, 6.45) is 6.21. The predicted octanol–water partition coefficient (Wildman–Crippen LogP) is 5.59. The first-order chi connectivity index (χ1) is 10.9. The van der Waals surface area contributed by atoms with Crippen LogP contribution in [0.15, 0.2) is 24.3 Å². The molecule has 1 unspecified atom stereocenters. The number of hydrogen-bond donors (Lipinski definition) is 2. The first kappa shape index (κ1) is 18.8. The average molecular weight is 336 g/mol. The molecule has 0 aromatic heterocycles. The van der Waals surface area contributed by atoms with Crippen LogP contribution in [0, 0.1) is 0 Å². The van der Waals surface area contributed by atoms with Gasteiger partial charge in [0.2, 0.25) is 0 Å². The Hall–Kier alpha value is -0.510. The van der Waals surface area contributed by atoms with Crippen LogP contribution in [0.5, 0.6) is 0 Å². The minimum Gasteiger partial charge on any atom is -0.330 e. The van der Waals surface area contributed by atoms with Crippen LogP contribution in [0.1, 0.15) is 76.8 Å². The van der Waals surface area contributed by atoms with Crippen LogP contribution in [0.25, 0.3) is 0 Å². The molecule has 23 heavy (non-hydrogen) atoms. The van der Waals surface area contributed by atoms with Gasteiger partial charge in [0.05, 0.1) is 0 Å². The maximum absolute atomic E-state index is 8.89. The van der Waals surface area contributed by atoms with Crippen molar-refractivity contribution in [2.75, 3.05) is 12.3 Å². The van der Waals surface area contributed by atoms with Crippen LogP contribution in [-0.2, 0) is 5.41 Å². The van der Waals surface area contributed by atoms with E-state index in [0.29, 0.717) is 5.92 Å². The van der Waals surface area contributed by atoms with E-state index in [4.69, 9.17) is 4.55 Å². The zero-order valence-corrected chi connectivity index (χ0v) is 16.0. The van der Waals surface area contributed by atoms with E-state index >= 15 is 0 Å². The highest BCUT2D eigenvalue weighted by atomic mass is 32.2. The van der Waals surface area contributed by atoms with E-state index in [-0.39, 0.29) is 11.0 Å². The van der Waals surface area contributed by atoms with Crippen LogP contribution in [0.3, 0.4) is 0 Å². The van der Waals surface area contributed by atoms with Gasteiger partial charge in [-0.3, -0.25) is 0 Å². The average Bonchev–Trinajstić information content (AvgIpc) is 3.00. The van der Waals surface area contributed by atoms with Crippen molar-refractivity contribution >= 4 is 12.0 Å². The Bertz CT molecular complexity index is 471. The van der Waals surface area contributed by atoms with Crippen LogP contribution in [0.2, 0.25) is 0 Å². The van der Waals surface area contributed by atoms with Crippen molar-refractivity contribution < 1.29 is 4.55 Å². The summed E-state index contributed by atoms with van der Waals surface area (Å²) >= 11 is 0.952. The first-order valence-corrected chi connectivity index (χ1v) is 9.95. The minimum atomic E-state index is 0.215. The van der Waals surface area contributed by atoms with Crippen LogP contribution < -0.4 is 5.32 Å². The first-order valence-electron chi connectivity index (χ1n) is 9.01. The van der Waals surface area contributed by atoms with Crippen molar-refractivity contribution in [1.82, 2.24) is 5.32 Å². The highest BCUT2D eigenvalue weighted by Gasteiger charge is 2.39. The third kappa shape index (κ3) is 4.74. The Morgan fingerprint density at radius 3 is 2.30 bits per heavy atom. The molecule has 2 N–H and O–H groups in total. The number of hydrogen-bond acceptors (Lipinski definition) is 3. The Kier molecular flexibility index (Phi) is 6.58. The molecule has 0 bridgehead atoms. The van der Waals surface area contributed by atoms with Gasteiger partial charge in [0.15, 0.2) is 0 Å². The lowest BCUT2D eigenvalue weighted by Crippen LogP contribution is -2.47. The largest absolute Gasteiger partial charge is 0.330 e. The van der Waals surface area contributed by atoms with Gasteiger partial charge in [0.1, 0.15) is 0 Å². The molecule has 3 heteroatoms. The van der Waals surface area contributed by atoms with Crippen molar-refractivity contribution in [2.24, 2.45) is 0 Å². The molecule has 130 valence electrons. The van der Waals surface area contributed by atoms with Gasteiger partial charge in [-0.2, -0.15) is 0 Å². The van der Waals surface area contributed by atoms with Gasteiger partial charge in [0, 0.05) is 11.3 Å². The van der Waals surface area contributed by atoms with E-state index in [1.807, 2.05) is 0 Å². The lowest BCUT2D eigenvalue weighted by molar-refractivity contribution is 0.283. The fraction of sp³-hybridized carbons (Fsp3) is 0.700. The molecule has 0 aliphatic heterocycles. The summed E-state index contributed by atoms with van der Waals surface area (Å²) in [7, 11) is 0. The molecule has 0 saturated heterocycles. The van der Waals surface area contributed by atoms with Gasteiger partial charge in [0.25, 0.3) is 0 Å². The zero-order valence-electron chi connectivity index (χ0n) is 15.2. The summed E-state index contributed by atoms with van der Waals surface area (Å²) in [6, 6.07) is 9.26. The number of rotatable bonds is 7. The van der Waals surface area contributed by atoms with E-state index < -0.39 is 0 Å². The van der Waals surface area contributed by atoms with Crippen LogP contribution in [-0.4, -0.2) is 22.4 Å². The molecule has 1 aliphatic rings. The van der Waals surface area contributed by atoms with Crippen molar-refractivity contribution in [3.63, 3.8) is 0 Å². The summed E-state index contributed by atoms with van der Waals surface area (Å²) in [5, 5.41) is 3.85. The molecular formula is C20H33NOS. The van der Waals surface area contributed by atoms with Gasteiger partial charge in [-0.1, -0.05) is 64.8 Å². The third-order valence-corrected chi connectivity index (χ3v) is 5.96. The van der Waals surface area contributed by atoms with Gasteiger partial charge in [-0.05, 0) is 60.3 Å². The van der Waals surface area contributed by atoms with E-state index in [2.05, 4.69) is 57.3 Å². The lowest BCUT2D eigenvalue weighted by Gasteiger charge is -2.37. The van der Waals surface area contributed by atoms with Crippen molar-refractivity contribution in [2.45, 2.75) is 76.7 Å². The molecule has 2 nitrogen and oxygen atoms in total. The second-order valence-corrected chi connectivity index (χ2v) is 8.74. The molecule has 1 aromatic rings. The van der Waals surface area contributed by atoms with E-state index in [1.165, 1.54) is 36.8 Å². The molecule has 0 heterocycles. The monoisotopic (exact) mass is 335 g/mol. The summed E-state index contributed by atoms with van der Waals surface area (Å²) in [5.41, 5.74) is 3.31. The number of benzene rings is 1. The Morgan fingerprint density at radius 2 is 1.78 bits per heavy atom. The molecule has 0 spiro atoms. The second-order valence-electron chi connectivity index (χ2n) is 8.07. The molecule has 1 atom stereocenters. The van der Waals surface area contributed by atoms with Crippen molar-refractivity contribution in [3.8, 4) is 0 Å². The molecule has 2 rings (SSSR count). The summed E-state index contributed by atoms with van der Waals surface area (Å²) in [6.45, 7) is 10.2. The fourth-order valence-corrected chi connectivity index (χ4v) is 4.11. The normalized spacial score (nSPS) is 19.0. The molecule has 1 aliphatic carbocycles. The van der Waals surface area contributed by atoms with Crippen molar-refractivity contribution in [3.05, 3.63) is 35.4 Å². The molecular weight excluding hydrogens is 302 g/mol. The standard InChI is InChI=1S/C20H33NOS/c1-16(17-8-10-18(11-9-17)19(2,3)4)20(12-5-6-13-20)21-14-7-15-23-22/h8-11,16,21-22H,5-7,12-15H2,1-4H3. The minimum absolute atomic E-state index is 0.215. The SMILES string of the molecule is CC(c1ccc(C(C)(C)C)cc1)C1(NCCCSO)CCCC1. The molecule has 1 fully saturated rings. The van der Waals surface area contributed by atoms with E-state index in [1.54, 1.807) is 0 Å². The molecule has 0 radical (unpaired) electrons. The predicted molar refractivity (Wildman–Crippen MR) is 102 cm³/mol. The van der Waals surface area contributed by atoms with Gasteiger partial charge in [-0.15, -0.1) is 0 Å². The highest BCUT2D eigenvalue weighted by Crippen LogP contribution is 2.41. The quantitative estimate of drug-likeness (QED) is 0.503. The lowest BCUT2D eigenvalue weighted by atomic mass is 9.77. The second kappa shape index (κ2) is 8.04. The summed E-state index contributed by atoms with van der Waals surface area (Å²) in [4.78, 5) is 0. The Labute approximate surface area is 146 Å². The maximum Gasteiger partial charge on any atom is 0.0247 e. The number of nitrogens with one attached hydrogen (secondary N) is 1. The topological polar surface area (TPSA) is 32.3 Å². The van der Waals surface area contributed by atoms with Crippen LogP contribution in [0.4, 0.5) is 0 Å². The smallest absolute Gasteiger partial charge is 0.0247 e. The zero-order chi connectivity index (χ0) is 16.9. The fourth-order valence-electron chi connectivity index (χ4n) is 3.83. The summed E-state index contributed by atoms with van der Waals surface area (Å²) in [5.74, 6) is 1.35. The molecule has 1 aromatic carbocycles.